The Morgan fingerprint density at radius 2 is 2.16 bits per heavy atom. The van der Waals surface area contributed by atoms with Crippen LogP contribution in [0.5, 0.6) is 0 Å². The maximum atomic E-state index is 14.1. The third kappa shape index (κ3) is 3.39. The van der Waals surface area contributed by atoms with Gasteiger partial charge < -0.3 is 14.2 Å². The van der Waals surface area contributed by atoms with Crippen LogP contribution in [0.1, 0.15) is 18.7 Å². The molecule has 2 aliphatic heterocycles. The number of anilines is 1. The fourth-order valence-corrected chi connectivity index (χ4v) is 3.94. The predicted octanol–water partition coefficient (Wildman–Crippen LogP) is 1.83. The monoisotopic (exact) mass is 345 g/mol. The molecule has 2 aromatic heterocycles. The molecule has 2 aliphatic rings. The quantitative estimate of drug-likeness (QED) is 0.849. The second-order valence-corrected chi connectivity index (χ2v) is 7.03. The molecule has 7 heteroatoms. The third-order valence-electron chi connectivity index (χ3n) is 5.19. The summed E-state index contributed by atoms with van der Waals surface area (Å²) in [5.41, 5.74) is -0.258. The van der Waals surface area contributed by atoms with E-state index in [1.165, 1.54) is 6.07 Å². The Hall–Kier alpha value is -1.99. The number of hydrogen-bond donors (Lipinski definition) is 0. The fourth-order valence-electron chi connectivity index (χ4n) is 3.94. The van der Waals surface area contributed by atoms with Crippen LogP contribution in [0.15, 0.2) is 30.7 Å². The predicted molar refractivity (Wildman–Crippen MR) is 92.8 cm³/mol. The van der Waals surface area contributed by atoms with E-state index in [-0.39, 0.29) is 11.4 Å². The van der Waals surface area contributed by atoms with E-state index >= 15 is 0 Å². The molecule has 25 heavy (non-hydrogen) atoms. The third-order valence-corrected chi connectivity index (χ3v) is 5.19. The zero-order valence-electron chi connectivity index (χ0n) is 14.6. The van der Waals surface area contributed by atoms with E-state index in [0.29, 0.717) is 19.0 Å². The van der Waals surface area contributed by atoms with Crippen molar-refractivity contribution in [2.45, 2.75) is 25.0 Å². The lowest BCUT2D eigenvalue weighted by Gasteiger charge is -2.48. The maximum absolute atomic E-state index is 14.1. The zero-order valence-corrected chi connectivity index (χ0v) is 14.6. The van der Waals surface area contributed by atoms with Gasteiger partial charge in [0, 0.05) is 51.8 Å². The number of aryl methyl sites for hydroxylation is 1. The van der Waals surface area contributed by atoms with Gasteiger partial charge in [-0.3, -0.25) is 4.90 Å². The Kier molecular flexibility index (Phi) is 4.43. The smallest absolute Gasteiger partial charge is 0.165 e. The molecular formula is C18H24FN5O. The van der Waals surface area contributed by atoms with Crippen molar-refractivity contribution < 1.29 is 9.13 Å². The first-order valence-corrected chi connectivity index (χ1v) is 8.83. The summed E-state index contributed by atoms with van der Waals surface area (Å²) in [5.74, 6) is 1.23. The standard InChI is InChI=1S/C18H24FN5O/c1-22-9-7-20-16(22)12-23-10-11-25-18(13-23)5-3-8-24(14-18)17-15(19)4-2-6-21-17/h2,4,6-7,9H,3,5,8,10-14H2,1H3/t18-/m1/s1. The van der Waals surface area contributed by atoms with Crippen molar-refractivity contribution in [3.8, 4) is 0 Å². The van der Waals surface area contributed by atoms with Crippen molar-refractivity contribution in [2.24, 2.45) is 7.05 Å². The molecular weight excluding hydrogens is 321 g/mol. The van der Waals surface area contributed by atoms with Crippen molar-refractivity contribution in [1.82, 2.24) is 19.4 Å². The molecule has 4 heterocycles. The van der Waals surface area contributed by atoms with Crippen LogP contribution in [0.2, 0.25) is 0 Å². The van der Waals surface area contributed by atoms with Gasteiger partial charge in [0.25, 0.3) is 0 Å². The first-order chi connectivity index (χ1) is 12.2. The summed E-state index contributed by atoms with van der Waals surface area (Å²) in [7, 11) is 2.02. The van der Waals surface area contributed by atoms with Gasteiger partial charge in [-0.25, -0.2) is 14.4 Å². The van der Waals surface area contributed by atoms with Crippen LogP contribution in [0.4, 0.5) is 10.2 Å². The average molecular weight is 345 g/mol. The lowest BCUT2D eigenvalue weighted by Crippen LogP contribution is -2.60. The number of pyridine rings is 1. The second kappa shape index (κ2) is 6.72. The lowest BCUT2D eigenvalue weighted by atomic mass is 9.90. The molecule has 0 aromatic carbocycles. The number of morpholine rings is 1. The van der Waals surface area contributed by atoms with Crippen LogP contribution in [-0.4, -0.2) is 57.8 Å². The van der Waals surface area contributed by atoms with Gasteiger partial charge in [-0.1, -0.05) is 0 Å². The SMILES string of the molecule is Cn1ccnc1CN1CCO[C@]2(CCCN(c3ncccc3F)C2)C1. The van der Waals surface area contributed by atoms with Crippen molar-refractivity contribution >= 4 is 5.82 Å². The molecule has 6 nitrogen and oxygen atoms in total. The number of ether oxygens (including phenoxy) is 1. The Morgan fingerprint density at radius 3 is 2.96 bits per heavy atom. The van der Waals surface area contributed by atoms with Crippen molar-refractivity contribution in [1.29, 1.82) is 0 Å². The molecule has 0 aliphatic carbocycles. The van der Waals surface area contributed by atoms with Gasteiger partial charge in [0.1, 0.15) is 5.82 Å². The van der Waals surface area contributed by atoms with Gasteiger partial charge >= 0.3 is 0 Å². The van der Waals surface area contributed by atoms with Crippen molar-refractivity contribution in [3.63, 3.8) is 0 Å². The number of aromatic nitrogens is 3. The van der Waals surface area contributed by atoms with Gasteiger partial charge in [-0.15, -0.1) is 0 Å². The minimum atomic E-state index is -0.264. The highest BCUT2D eigenvalue weighted by Crippen LogP contribution is 2.32. The number of imidazole rings is 1. The van der Waals surface area contributed by atoms with E-state index in [0.717, 1.165) is 44.8 Å². The van der Waals surface area contributed by atoms with Gasteiger partial charge in [-0.2, -0.15) is 0 Å². The molecule has 1 spiro atoms. The van der Waals surface area contributed by atoms with E-state index in [1.54, 1.807) is 12.3 Å². The summed E-state index contributed by atoms with van der Waals surface area (Å²) < 4.78 is 22.4. The summed E-state index contributed by atoms with van der Waals surface area (Å²) in [6.07, 6.45) is 7.42. The van der Waals surface area contributed by atoms with E-state index in [1.807, 2.05) is 24.3 Å². The summed E-state index contributed by atoms with van der Waals surface area (Å²) >= 11 is 0. The molecule has 4 rings (SSSR count). The average Bonchev–Trinajstić information content (AvgIpc) is 3.00. The summed E-state index contributed by atoms with van der Waals surface area (Å²) in [6, 6.07) is 3.10. The van der Waals surface area contributed by atoms with Crippen LogP contribution in [-0.2, 0) is 18.3 Å². The number of halogens is 1. The molecule has 2 saturated heterocycles. The maximum Gasteiger partial charge on any atom is 0.165 e. The van der Waals surface area contributed by atoms with E-state index in [2.05, 4.69) is 19.4 Å². The summed E-state index contributed by atoms with van der Waals surface area (Å²) in [5, 5.41) is 0. The fraction of sp³-hybridized carbons (Fsp3) is 0.556. The molecule has 2 aromatic rings. The normalized spacial score (nSPS) is 24.8. The second-order valence-electron chi connectivity index (χ2n) is 7.03. The van der Waals surface area contributed by atoms with Gasteiger partial charge in [0.2, 0.25) is 0 Å². The minimum absolute atomic E-state index is 0.258. The van der Waals surface area contributed by atoms with Crippen LogP contribution in [0.3, 0.4) is 0 Å². The number of piperidine rings is 1. The van der Waals surface area contributed by atoms with Crippen LogP contribution < -0.4 is 4.90 Å². The molecule has 0 unspecified atom stereocenters. The lowest BCUT2D eigenvalue weighted by molar-refractivity contribution is -0.117. The minimum Gasteiger partial charge on any atom is -0.370 e. The first kappa shape index (κ1) is 16.5. The van der Waals surface area contributed by atoms with E-state index < -0.39 is 0 Å². The zero-order chi connectivity index (χ0) is 17.3. The molecule has 1 atom stereocenters. The van der Waals surface area contributed by atoms with Crippen molar-refractivity contribution in [3.05, 3.63) is 42.4 Å². The Morgan fingerprint density at radius 1 is 1.24 bits per heavy atom. The molecule has 0 amide bonds. The molecule has 0 radical (unpaired) electrons. The highest BCUT2D eigenvalue weighted by Gasteiger charge is 2.41. The van der Waals surface area contributed by atoms with E-state index in [9.17, 15) is 4.39 Å². The number of hydrogen-bond acceptors (Lipinski definition) is 5. The Labute approximate surface area is 147 Å². The van der Waals surface area contributed by atoms with Crippen LogP contribution >= 0.6 is 0 Å². The van der Waals surface area contributed by atoms with Crippen LogP contribution in [0.25, 0.3) is 0 Å². The van der Waals surface area contributed by atoms with Gasteiger partial charge in [0.05, 0.1) is 18.8 Å². The first-order valence-electron chi connectivity index (χ1n) is 8.83. The highest BCUT2D eigenvalue weighted by molar-refractivity contribution is 5.41. The summed E-state index contributed by atoms with van der Waals surface area (Å²) in [4.78, 5) is 13.1. The molecule has 0 saturated carbocycles. The largest absolute Gasteiger partial charge is 0.370 e. The van der Waals surface area contributed by atoms with Crippen LogP contribution in [0, 0.1) is 5.82 Å². The highest BCUT2D eigenvalue weighted by atomic mass is 19.1. The van der Waals surface area contributed by atoms with Gasteiger partial charge in [0.15, 0.2) is 11.6 Å². The molecule has 2 fully saturated rings. The molecule has 0 bridgehead atoms. The Balaban J connectivity index is 1.49. The van der Waals surface area contributed by atoms with Crippen molar-refractivity contribution in [2.75, 3.05) is 37.7 Å². The summed E-state index contributed by atoms with van der Waals surface area (Å²) in [6.45, 7) is 4.74. The molecule has 0 N–H and O–H groups in total. The van der Waals surface area contributed by atoms with E-state index in [4.69, 9.17) is 4.74 Å². The van der Waals surface area contributed by atoms with Gasteiger partial charge in [-0.05, 0) is 25.0 Å². The molecule has 134 valence electrons. The topological polar surface area (TPSA) is 46.4 Å². The number of nitrogens with zero attached hydrogens (tertiary/aromatic N) is 5. The Bertz CT molecular complexity index is 732. The number of rotatable bonds is 3.